The Hall–Kier alpha value is -3.33. The molecule has 0 saturated carbocycles. The highest BCUT2D eigenvalue weighted by Gasteiger charge is 2.42. The summed E-state index contributed by atoms with van der Waals surface area (Å²) in [5.74, 6) is 2.19. The van der Waals surface area contributed by atoms with Gasteiger partial charge in [-0.2, -0.15) is 4.98 Å². The van der Waals surface area contributed by atoms with Crippen LogP contribution in [0.3, 0.4) is 0 Å². The molecule has 0 unspecified atom stereocenters. The molecule has 0 saturated heterocycles. The van der Waals surface area contributed by atoms with Gasteiger partial charge in [0.2, 0.25) is 11.1 Å². The number of methoxy groups -OCH3 is 1. The Balaban J connectivity index is 1.55. The molecule has 0 fully saturated rings. The van der Waals surface area contributed by atoms with E-state index >= 15 is 0 Å². The normalized spacial score (nSPS) is 18.4. The first-order chi connectivity index (χ1) is 17.3. The van der Waals surface area contributed by atoms with Gasteiger partial charge in [-0.15, -0.1) is 5.10 Å². The molecule has 7 nitrogen and oxygen atoms in total. The zero-order valence-corrected chi connectivity index (χ0v) is 21.6. The fourth-order valence-corrected chi connectivity index (χ4v) is 5.63. The van der Waals surface area contributed by atoms with Crippen LogP contribution in [0.5, 0.6) is 11.5 Å². The van der Waals surface area contributed by atoms with Crippen molar-refractivity contribution < 1.29 is 18.7 Å². The second-order valence-electron chi connectivity index (χ2n) is 9.79. The van der Waals surface area contributed by atoms with E-state index in [4.69, 9.17) is 19.6 Å². The molecule has 0 amide bonds. The molecule has 1 aliphatic heterocycles. The number of anilines is 1. The van der Waals surface area contributed by atoms with Crippen LogP contribution in [0.25, 0.3) is 0 Å². The van der Waals surface area contributed by atoms with Crippen LogP contribution < -0.4 is 14.8 Å². The van der Waals surface area contributed by atoms with Crippen LogP contribution in [0, 0.1) is 11.2 Å². The molecule has 1 atom stereocenters. The Morgan fingerprint density at radius 1 is 1.19 bits per heavy atom. The second kappa shape index (κ2) is 9.61. The lowest BCUT2D eigenvalue weighted by atomic mass is 9.73. The van der Waals surface area contributed by atoms with Gasteiger partial charge in [-0.05, 0) is 54.2 Å². The van der Waals surface area contributed by atoms with E-state index in [0.717, 1.165) is 23.2 Å². The number of fused-ring (bicyclic) bond motifs is 1. The van der Waals surface area contributed by atoms with E-state index in [1.807, 2.05) is 31.2 Å². The average Bonchev–Trinajstić information content (AvgIpc) is 3.23. The molecule has 0 radical (unpaired) electrons. The maximum Gasteiger partial charge on any atom is 0.227 e. The van der Waals surface area contributed by atoms with Crippen LogP contribution >= 0.6 is 11.8 Å². The van der Waals surface area contributed by atoms with Crippen molar-refractivity contribution in [2.45, 2.75) is 50.6 Å². The van der Waals surface area contributed by atoms with Crippen molar-refractivity contribution >= 4 is 23.5 Å². The van der Waals surface area contributed by atoms with Gasteiger partial charge in [0, 0.05) is 23.4 Å². The number of ether oxygens (including phenoxy) is 2. The standard InChI is InChI=1S/C27H29FN4O3S/c1-5-35-21-10-9-17(12-22(21)34-4)24-23-19(13-27(2,3)14-20(23)33)29-25-30-26(31-32(24)25)36-15-16-7-6-8-18(28)11-16/h6-12,24H,5,13-15H2,1-4H3,(H,29,30,31)/t24-/m0/s1. The van der Waals surface area contributed by atoms with Crippen molar-refractivity contribution in [3.8, 4) is 11.5 Å². The van der Waals surface area contributed by atoms with Crippen molar-refractivity contribution in [3.05, 3.63) is 70.7 Å². The van der Waals surface area contributed by atoms with E-state index in [-0.39, 0.29) is 17.0 Å². The Morgan fingerprint density at radius 2 is 2.03 bits per heavy atom. The predicted molar refractivity (Wildman–Crippen MR) is 137 cm³/mol. The van der Waals surface area contributed by atoms with Gasteiger partial charge in [-0.3, -0.25) is 4.79 Å². The van der Waals surface area contributed by atoms with Gasteiger partial charge in [0.05, 0.1) is 13.7 Å². The number of benzene rings is 2. The number of ketones is 1. The fraction of sp³-hybridized carbons (Fsp3) is 0.370. The van der Waals surface area contributed by atoms with Crippen LogP contribution in [-0.2, 0) is 10.5 Å². The number of halogens is 1. The molecule has 188 valence electrons. The van der Waals surface area contributed by atoms with Gasteiger partial charge in [0.25, 0.3) is 0 Å². The SMILES string of the molecule is CCOc1ccc([C@H]2C3=C(CC(C)(C)CC3=O)Nc3nc(SCc4cccc(F)c4)nn32)cc1OC. The number of allylic oxidation sites excluding steroid dienone is 2. The largest absolute Gasteiger partial charge is 0.493 e. The number of rotatable bonds is 7. The zero-order valence-electron chi connectivity index (χ0n) is 20.8. The molecule has 1 aromatic heterocycles. The molecule has 5 rings (SSSR count). The number of nitrogens with zero attached hydrogens (tertiary/aromatic N) is 3. The Labute approximate surface area is 214 Å². The quantitative estimate of drug-likeness (QED) is 0.406. The van der Waals surface area contributed by atoms with Crippen molar-refractivity contribution in [1.29, 1.82) is 0 Å². The topological polar surface area (TPSA) is 78.3 Å². The lowest BCUT2D eigenvalue weighted by molar-refractivity contribution is -0.118. The number of carbonyl (C=O) groups is 1. The first-order valence-electron chi connectivity index (χ1n) is 12.0. The van der Waals surface area contributed by atoms with Crippen molar-refractivity contribution in [3.63, 3.8) is 0 Å². The minimum atomic E-state index is -0.444. The van der Waals surface area contributed by atoms with Crippen LogP contribution in [0.1, 0.15) is 50.8 Å². The minimum Gasteiger partial charge on any atom is -0.493 e. The molecule has 1 N–H and O–H groups in total. The molecular formula is C27H29FN4O3S. The van der Waals surface area contributed by atoms with E-state index < -0.39 is 6.04 Å². The summed E-state index contributed by atoms with van der Waals surface area (Å²) in [6, 6.07) is 11.8. The van der Waals surface area contributed by atoms with Gasteiger partial charge >= 0.3 is 0 Å². The summed E-state index contributed by atoms with van der Waals surface area (Å²) < 4.78 is 26.7. The van der Waals surface area contributed by atoms with Crippen molar-refractivity contribution in [2.24, 2.45) is 5.41 Å². The highest BCUT2D eigenvalue weighted by Crippen LogP contribution is 2.46. The summed E-state index contributed by atoms with van der Waals surface area (Å²) in [7, 11) is 1.60. The minimum absolute atomic E-state index is 0.0988. The summed E-state index contributed by atoms with van der Waals surface area (Å²) in [5, 5.41) is 8.72. The molecule has 36 heavy (non-hydrogen) atoms. The number of Topliss-reactive ketones (excluding diaryl/α,β-unsaturated/α-hetero) is 1. The second-order valence-corrected chi connectivity index (χ2v) is 10.7. The summed E-state index contributed by atoms with van der Waals surface area (Å²) in [5.41, 5.74) is 3.16. The van der Waals surface area contributed by atoms with E-state index in [9.17, 15) is 9.18 Å². The third-order valence-electron chi connectivity index (χ3n) is 6.37. The number of thioether (sulfide) groups is 1. The number of carbonyl (C=O) groups excluding carboxylic acids is 1. The van der Waals surface area contributed by atoms with Gasteiger partial charge in [-0.25, -0.2) is 9.07 Å². The summed E-state index contributed by atoms with van der Waals surface area (Å²) >= 11 is 1.43. The van der Waals surface area contributed by atoms with Crippen LogP contribution in [0.2, 0.25) is 0 Å². The highest BCUT2D eigenvalue weighted by atomic mass is 32.2. The highest BCUT2D eigenvalue weighted by molar-refractivity contribution is 7.98. The number of nitrogens with one attached hydrogen (secondary N) is 1. The summed E-state index contributed by atoms with van der Waals surface area (Å²) in [6.07, 6.45) is 1.20. The molecule has 0 bridgehead atoms. The summed E-state index contributed by atoms with van der Waals surface area (Å²) in [6.45, 7) is 6.64. The molecular weight excluding hydrogens is 479 g/mol. The van der Waals surface area contributed by atoms with Gasteiger partial charge in [-0.1, -0.05) is 43.8 Å². The molecule has 1 aliphatic carbocycles. The molecule has 9 heteroatoms. The van der Waals surface area contributed by atoms with E-state index in [1.165, 1.54) is 23.9 Å². The predicted octanol–water partition coefficient (Wildman–Crippen LogP) is 5.77. The lowest BCUT2D eigenvalue weighted by Crippen LogP contribution is -2.36. The Kier molecular flexibility index (Phi) is 6.51. The van der Waals surface area contributed by atoms with Gasteiger partial charge < -0.3 is 14.8 Å². The number of hydrogen-bond acceptors (Lipinski definition) is 7. The van der Waals surface area contributed by atoms with Crippen LogP contribution in [-0.4, -0.2) is 34.3 Å². The third kappa shape index (κ3) is 4.72. The van der Waals surface area contributed by atoms with Crippen LogP contribution in [0.15, 0.2) is 58.9 Å². The average molecular weight is 509 g/mol. The Morgan fingerprint density at radius 3 is 2.78 bits per heavy atom. The van der Waals surface area contributed by atoms with Crippen molar-refractivity contribution in [1.82, 2.24) is 14.8 Å². The molecule has 3 aromatic rings. The first kappa shape index (κ1) is 24.4. The van der Waals surface area contributed by atoms with E-state index in [1.54, 1.807) is 17.9 Å². The first-order valence-corrected chi connectivity index (χ1v) is 12.9. The summed E-state index contributed by atoms with van der Waals surface area (Å²) in [4.78, 5) is 18.2. The molecule has 2 aromatic carbocycles. The van der Waals surface area contributed by atoms with Gasteiger partial charge in [0.1, 0.15) is 11.9 Å². The number of hydrogen-bond donors (Lipinski definition) is 1. The number of aromatic nitrogens is 3. The smallest absolute Gasteiger partial charge is 0.227 e. The molecule has 2 heterocycles. The van der Waals surface area contributed by atoms with E-state index in [0.29, 0.717) is 47.0 Å². The maximum atomic E-state index is 13.6. The molecule has 2 aliphatic rings. The van der Waals surface area contributed by atoms with Crippen molar-refractivity contribution in [2.75, 3.05) is 19.0 Å². The maximum absolute atomic E-state index is 13.6. The molecule has 0 spiro atoms. The fourth-order valence-electron chi connectivity index (χ4n) is 4.86. The van der Waals surface area contributed by atoms with Crippen LogP contribution in [0.4, 0.5) is 10.3 Å². The third-order valence-corrected chi connectivity index (χ3v) is 7.28. The zero-order chi connectivity index (χ0) is 25.4. The monoisotopic (exact) mass is 508 g/mol. The van der Waals surface area contributed by atoms with Gasteiger partial charge in [0.15, 0.2) is 17.3 Å². The Bertz CT molecular complexity index is 1350. The lowest BCUT2D eigenvalue weighted by Gasteiger charge is -2.38. The van der Waals surface area contributed by atoms with E-state index in [2.05, 4.69) is 19.2 Å².